The van der Waals surface area contributed by atoms with Crippen LogP contribution in [0.15, 0.2) is 18.2 Å². The number of thiol groups is 1. The molecule has 0 aliphatic heterocycles. The predicted octanol–water partition coefficient (Wildman–Crippen LogP) is 3.13. The number of rotatable bonds is 6. The molecule has 0 unspecified atom stereocenters. The number of fused-ring (bicyclic) bond motifs is 1. The molecule has 0 saturated heterocycles. The zero-order valence-corrected chi connectivity index (χ0v) is 15.4. The first-order chi connectivity index (χ1) is 10.7. The third-order valence-electron chi connectivity index (χ3n) is 4.74. The molecule has 2 aromatic rings. The predicted molar refractivity (Wildman–Crippen MR) is 98.2 cm³/mol. The fraction of sp³-hybridized carbons (Fsp3) is 0.588. The number of hydrogen-bond donors (Lipinski definition) is 1. The highest BCUT2D eigenvalue weighted by Crippen LogP contribution is 2.40. The minimum atomic E-state index is -0.376. The van der Waals surface area contributed by atoms with Gasteiger partial charge in [-0.05, 0) is 52.7 Å². The van der Waals surface area contributed by atoms with Crippen LogP contribution in [0.2, 0.25) is 0 Å². The normalized spacial score (nSPS) is 15.9. The summed E-state index contributed by atoms with van der Waals surface area (Å²) in [6, 6.07) is 7.36. The molecule has 0 bridgehead atoms. The third-order valence-corrected chi connectivity index (χ3v) is 5.28. The number of imidazole rings is 1. The molecular formula is C17H24BN2O2S. The molecule has 23 heavy (non-hydrogen) atoms. The minimum Gasteiger partial charge on any atom is -0.468 e. The van der Waals surface area contributed by atoms with Gasteiger partial charge in [0.1, 0.15) is 0 Å². The monoisotopic (exact) mass is 331 g/mol. The summed E-state index contributed by atoms with van der Waals surface area (Å²) in [4.78, 5) is 4.56. The lowest BCUT2D eigenvalue weighted by Crippen LogP contribution is -2.45. The zero-order chi connectivity index (χ0) is 16.8. The first kappa shape index (κ1) is 16.7. The van der Waals surface area contributed by atoms with Crippen LogP contribution in [0, 0.1) is 0 Å². The Bertz CT molecular complexity index is 717. The van der Waals surface area contributed by atoms with E-state index in [4.69, 9.17) is 9.39 Å². The molecule has 0 amide bonds. The van der Waals surface area contributed by atoms with Gasteiger partial charge in [-0.3, -0.25) is 4.57 Å². The lowest BCUT2D eigenvalue weighted by atomic mass is 9.84. The molecule has 1 fully saturated rings. The fourth-order valence-electron chi connectivity index (χ4n) is 2.35. The maximum Gasteiger partial charge on any atom is 0.330 e. The van der Waals surface area contributed by atoms with E-state index >= 15 is 0 Å². The smallest absolute Gasteiger partial charge is 0.330 e. The Morgan fingerprint density at radius 1 is 1.26 bits per heavy atom. The Hall–Kier alpha value is -1.14. The van der Waals surface area contributed by atoms with E-state index in [0.717, 1.165) is 16.5 Å². The average Bonchev–Trinajstić information content (AvgIpc) is 3.24. The molecule has 1 aliphatic rings. The van der Waals surface area contributed by atoms with Crippen molar-refractivity contribution >= 4 is 36.6 Å². The summed E-state index contributed by atoms with van der Waals surface area (Å²) >= 11 is 4.63. The quantitative estimate of drug-likeness (QED) is 0.653. The summed E-state index contributed by atoms with van der Waals surface area (Å²) < 4.78 is 13.4. The van der Waals surface area contributed by atoms with Crippen LogP contribution in [0.25, 0.3) is 11.0 Å². The number of methoxy groups -OCH3 is 1. The molecule has 0 spiro atoms. The maximum absolute atomic E-state index is 6.02. The molecule has 3 rings (SSSR count). The summed E-state index contributed by atoms with van der Waals surface area (Å²) in [6.07, 6.45) is 2.38. The lowest BCUT2D eigenvalue weighted by molar-refractivity contribution is 0.0855. The molecule has 4 nitrogen and oxygen atoms in total. The Kier molecular flexibility index (Phi) is 4.17. The highest BCUT2D eigenvalue weighted by Gasteiger charge is 2.34. The Labute approximate surface area is 144 Å². The number of nitrogens with zero attached hydrogens (tertiary/aromatic N) is 2. The Morgan fingerprint density at radius 3 is 2.52 bits per heavy atom. The molecule has 1 saturated carbocycles. The molecule has 1 aromatic carbocycles. The lowest BCUT2D eigenvalue weighted by Gasteiger charge is -2.38. The highest BCUT2D eigenvalue weighted by atomic mass is 32.1. The highest BCUT2D eigenvalue weighted by molar-refractivity contribution is 7.81. The fourth-order valence-corrected chi connectivity index (χ4v) is 2.40. The Morgan fingerprint density at radius 2 is 1.96 bits per heavy atom. The van der Waals surface area contributed by atoms with Crippen LogP contribution < -0.4 is 10.2 Å². The van der Waals surface area contributed by atoms with E-state index in [9.17, 15) is 0 Å². The van der Waals surface area contributed by atoms with Gasteiger partial charge < -0.3 is 9.39 Å². The van der Waals surface area contributed by atoms with Gasteiger partial charge in [-0.25, -0.2) is 0 Å². The second kappa shape index (κ2) is 5.74. The van der Waals surface area contributed by atoms with Gasteiger partial charge in [0.15, 0.2) is 0 Å². The molecule has 1 radical (unpaired) electrons. The van der Waals surface area contributed by atoms with Gasteiger partial charge in [0.05, 0.1) is 23.7 Å². The SMILES string of the molecule is COc1nc2ccc([B]OC(C)(C)C(C)(C)S)cc2n1C1CC1. The van der Waals surface area contributed by atoms with Gasteiger partial charge in [-0.1, -0.05) is 11.5 Å². The zero-order valence-electron chi connectivity index (χ0n) is 14.5. The summed E-state index contributed by atoms with van der Waals surface area (Å²) in [5.74, 6) is 0. The van der Waals surface area contributed by atoms with E-state index in [2.05, 4.69) is 42.1 Å². The van der Waals surface area contributed by atoms with E-state index in [-0.39, 0.29) is 10.3 Å². The molecule has 1 aliphatic carbocycles. The van der Waals surface area contributed by atoms with Crippen LogP contribution in [-0.2, 0) is 4.65 Å². The van der Waals surface area contributed by atoms with Gasteiger partial charge in [0.25, 0.3) is 6.01 Å². The number of aromatic nitrogens is 2. The third kappa shape index (κ3) is 3.24. The van der Waals surface area contributed by atoms with Gasteiger partial charge in [-0.2, -0.15) is 17.6 Å². The van der Waals surface area contributed by atoms with Crippen LogP contribution in [0.3, 0.4) is 0 Å². The van der Waals surface area contributed by atoms with Crippen LogP contribution in [0.5, 0.6) is 6.01 Å². The van der Waals surface area contributed by atoms with E-state index in [1.807, 2.05) is 33.5 Å². The summed E-state index contributed by atoms with van der Waals surface area (Å²) in [6.45, 7) is 8.21. The van der Waals surface area contributed by atoms with E-state index in [1.165, 1.54) is 12.8 Å². The first-order valence-electron chi connectivity index (χ1n) is 8.02. The summed E-state index contributed by atoms with van der Waals surface area (Å²) in [7, 11) is 3.49. The second-order valence-electron chi connectivity index (χ2n) is 7.25. The second-order valence-corrected chi connectivity index (χ2v) is 8.37. The standard InChI is InChI=1S/C17H24BN2O2S/c1-16(2,17(3,4)23)22-18-11-6-9-13-14(10-11)20(12-7-8-12)15(19-13)21-5/h6,9-10,12,23H,7-8H2,1-5H3. The van der Waals surface area contributed by atoms with Crippen molar-refractivity contribution in [3.8, 4) is 6.01 Å². The van der Waals surface area contributed by atoms with Gasteiger partial charge >= 0.3 is 7.48 Å². The van der Waals surface area contributed by atoms with Crippen LogP contribution in [0.1, 0.15) is 46.6 Å². The van der Waals surface area contributed by atoms with Crippen molar-refractivity contribution in [3.63, 3.8) is 0 Å². The Balaban J connectivity index is 1.87. The number of benzene rings is 1. The van der Waals surface area contributed by atoms with Crippen molar-refractivity contribution in [2.75, 3.05) is 7.11 Å². The van der Waals surface area contributed by atoms with Crippen molar-refractivity contribution in [1.82, 2.24) is 9.55 Å². The van der Waals surface area contributed by atoms with Crippen molar-refractivity contribution < 1.29 is 9.39 Å². The largest absolute Gasteiger partial charge is 0.468 e. The molecule has 0 N–H and O–H groups in total. The molecule has 1 aromatic heterocycles. The minimum absolute atomic E-state index is 0.243. The van der Waals surface area contributed by atoms with Crippen molar-refractivity contribution in [2.45, 2.75) is 56.9 Å². The first-order valence-corrected chi connectivity index (χ1v) is 8.47. The van der Waals surface area contributed by atoms with Crippen LogP contribution in [0.4, 0.5) is 0 Å². The topological polar surface area (TPSA) is 36.3 Å². The molecule has 6 heteroatoms. The molecule has 123 valence electrons. The number of hydrogen-bond acceptors (Lipinski definition) is 4. The van der Waals surface area contributed by atoms with Gasteiger partial charge in [0.2, 0.25) is 0 Å². The molecule has 1 heterocycles. The van der Waals surface area contributed by atoms with Crippen molar-refractivity contribution in [1.29, 1.82) is 0 Å². The maximum atomic E-state index is 6.02. The van der Waals surface area contributed by atoms with E-state index < -0.39 is 0 Å². The molecule has 0 atom stereocenters. The van der Waals surface area contributed by atoms with Crippen molar-refractivity contribution in [3.05, 3.63) is 18.2 Å². The summed E-state index contributed by atoms with van der Waals surface area (Å²) in [5, 5.41) is 0. The van der Waals surface area contributed by atoms with Crippen molar-refractivity contribution in [2.24, 2.45) is 0 Å². The van der Waals surface area contributed by atoms with Gasteiger partial charge in [-0.15, -0.1) is 0 Å². The average molecular weight is 331 g/mol. The number of ether oxygens (including phenoxy) is 1. The molecular weight excluding hydrogens is 307 g/mol. The van der Waals surface area contributed by atoms with Crippen LogP contribution in [-0.4, -0.2) is 34.5 Å². The van der Waals surface area contributed by atoms with E-state index in [0.29, 0.717) is 12.1 Å². The van der Waals surface area contributed by atoms with E-state index in [1.54, 1.807) is 7.11 Å². The van der Waals surface area contributed by atoms with Gasteiger partial charge in [0, 0.05) is 10.8 Å². The van der Waals surface area contributed by atoms with Crippen LogP contribution >= 0.6 is 12.6 Å². The summed E-state index contributed by atoms with van der Waals surface area (Å²) in [5.41, 5.74) is 2.70.